The third-order valence-corrected chi connectivity index (χ3v) is 5.60. The summed E-state index contributed by atoms with van der Waals surface area (Å²) in [6.45, 7) is 3.33. The topological polar surface area (TPSA) is 43.4 Å². The Labute approximate surface area is 197 Å². The van der Waals surface area contributed by atoms with E-state index in [-0.39, 0.29) is 5.57 Å². The van der Waals surface area contributed by atoms with E-state index in [0.717, 1.165) is 6.92 Å². The first kappa shape index (κ1) is 35.2. The Balaban J connectivity index is 6.04. The van der Waals surface area contributed by atoms with Crippen LogP contribution in [0.3, 0.4) is 0 Å². The summed E-state index contributed by atoms with van der Waals surface area (Å²) in [5.41, 5.74) is -0.226. The predicted molar refractivity (Wildman–Crippen MR) is 89.0 cm³/mol. The van der Waals surface area contributed by atoms with Crippen LogP contribution >= 0.6 is 0 Å². The van der Waals surface area contributed by atoms with Crippen LogP contribution in [0.4, 0.5) is 74.6 Å². The summed E-state index contributed by atoms with van der Waals surface area (Å²) in [6.07, 6.45) is -10.6. The van der Waals surface area contributed by atoms with E-state index in [1.54, 1.807) is 0 Å². The Morgan fingerprint density at radius 3 is 1.35 bits per heavy atom. The Kier molecular flexibility index (Phi) is 9.87. The van der Waals surface area contributed by atoms with Crippen LogP contribution in [0.1, 0.15) is 13.3 Å². The fourth-order valence-electron chi connectivity index (χ4n) is 2.05. The molecule has 0 rings (SSSR count). The maximum atomic E-state index is 13.7. The van der Waals surface area contributed by atoms with Gasteiger partial charge in [-0.15, -0.1) is 0 Å². The summed E-state index contributed by atoms with van der Waals surface area (Å²) >= 11 is 0. The van der Waals surface area contributed by atoms with E-state index in [1.165, 1.54) is 0 Å². The van der Waals surface area contributed by atoms with E-state index in [4.69, 9.17) is 0 Å². The van der Waals surface area contributed by atoms with E-state index in [2.05, 4.69) is 11.3 Å². The number of carbonyl (C=O) groups is 1. The van der Waals surface area contributed by atoms with Gasteiger partial charge in [0, 0.05) is 28.5 Å². The minimum atomic E-state index is -8.70. The third kappa shape index (κ3) is 5.94. The second-order valence-electron chi connectivity index (χ2n) is 7.16. The molecule has 0 bridgehead atoms. The van der Waals surface area contributed by atoms with Crippen LogP contribution in [0, 0.1) is 0 Å². The maximum Gasteiger partial charge on any atom is 0.460 e. The van der Waals surface area contributed by atoms with E-state index in [1.807, 2.05) is 0 Å². The maximum absolute atomic E-state index is 13.7. The molecule has 0 aliphatic heterocycles. The van der Waals surface area contributed by atoms with Gasteiger partial charge in [0.1, 0.15) is 6.61 Å². The summed E-state index contributed by atoms with van der Waals surface area (Å²) in [7, 11) is -2.78. The van der Waals surface area contributed by atoms with Crippen molar-refractivity contribution < 1.29 is 88.4 Å². The number of carbonyl (C=O) groups excluding carboxylic acids is 1. The Morgan fingerprint density at radius 2 is 1.00 bits per heavy atom. The highest BCUT2D eigenvalue weighted by molar-refractivity contribution is 7.84. The molecular weight excluding hydrogens is 595 g/mol. The van der Waals surface area contributed by atoms with Gasteiger partial charge in [-0.25, -0.2) is 4.79 Å². The molecule has 0 spiro atoms. The molecule has 37 heavy (non-hydrogen) atoms. The Morgan fingerprint density at radius 1 is 0.649 bits per heavy atom. The largest absolute Gasteiger partial charge is 0.461 e. The van der Waals surface area contributed by atoms with Crippen molar-refractivity contribution in [3.05, 3.63) is 12.2 Å². The summed E-state index contributed by atoms with van der Waals surface area (Å²) < 4.78 is 239. The molecule has 0 aliphatic carbocycles. The lowest BCUT2D eigenvalue weighted by Crippen LogP contribution is -2.74. The molecule has 0 N–H and O–H groups in total. The van der Waals surface area contributed by atoms with E-state index >= 15 is 0 Å². The zero-order chi connectivity index (χ0) is 30.3. The van der Waals surface area contributed by atoms with Gasteiger partial charge in [0.05, 0.1) is 5.75 Å². The number of rotatable bonds is 13. The third-order valence-electron chi connectivity index (χ3n) is 4.32. The fraction of sp³-hybridized carbons (Fsp3) is 0.812. The number of esters is 1. The highest BCUT2D eigenvalue weighted by Crippen LogP contribution is 2.64. The zero-order valence-corrected chi connectivity index (χ0v) is 18.4. The van der Waals surface area contributed by atoms with E-state index < -0.39 is 88.9 Å². The van der Waals surface area contributed by atoms with Crippen LogP contribution in [-0.2, 0) is 20.3 Å². The van der Waals surface area contributed by atoms with Gasteiger partial charge < -0.3 is 4.74 Å². The van der Waals surface area contributed by atoms with Crippen molar-refractivity contribution in [1.82, 2.24) is 0 Å². The lowest BCUT2D eigenvalue weighted by molar-refractivity contribution is -0.461. The Hall–Kier alpha value is -1.83. The zero-order valence-electron chi connectivity index (χ0n) is 17.6. The van der Waals surface area contributed by atoms with Gasteiger partial charge in [0.25, 0.3) is 0 Å². The minimum absolute atomic E-state index is 0.226. The van der Waals surface area contributed by atoms with Crippen LogP contribution in [0.2, 0.25) is 0 Å². The highest BCUT2D eigenvalue weighted by Gasteiger charge is 2.95. The highest BCUT2D eigenvalue weighted by atomic mass is 32.2. The van der Waals surface area contributed by atoms with Crippen molar-refractivity contribution >= 4 is 16.8 Å². The molecule has 220 valence electrons. The number of ether oxygens (including phenoxy) is 1. The second kappa shape index (κ2) is 10.4. The number of hydrogen-bond acceptors (Lipinski definition) is 3. The molecule has 0 aromatic heterocycles. The summed E-state index contributed by atoms with van der Waals surface area (Å²) in [5.74, 6) is -60.8. The molecule has 0 radical (unpaired) electrons. The first-order chi connectivity index (χ1) is 16.0. The smallest absolute Gasteiger partial charge is 0.460 e. The van der Waals surface area contributed by atoms with E-state index in [0.29, 0.717) is 0 Å². The average Bonchev–Trinajstić information content (AvgIpc) is 2.70. The summed E-state index contributed by atoms with van der Waals surface area (Å²) in [6, 6.07) is 0. The van der Waals surface area contributed by atoms with Gasteiger partial charge in [-0.2, -0.15) is 74.6 Å². The molecule has 0 amide bonds. The molecule has 0 saturated heterocycles. The molecule has 0 heterocycles. The lowest BCUT2D eigenvalue weighted by atomic mass is 9.88. The number of halogens is 17. The van der Waals surface area contributed by atoms with Crippen molar-refractivity contribution in [2.24, 2.45) is 0 Å². The SMILES string of the molecule is C=C(C)C(=O)OCCS(=O)CCC(F)(F)C(F)(F)C(F)(F)C(F)(F)C(F)(F)C(F)(F)C(F)(F)C(F)(F)F. The van der Waals surface area contributed by atoms with Crippen molar-refractivity contribution in [2.75, 3.05) is 18.1 Å². The molecule has 21 heteroatoms. The van der Waals surface area contributed by atoms with Crippen molar-refractivity contribution in [3.8, 4) is 0 Å². The average molecular weight is 608 g/mol. The first-order valence-corrected chi connectivity index (χ1v) is 10.3. The number of alkyl halides is 17. The minimum Gasteiger partial charge on any atom is -0.461 e. The monoisotopic (exact) mass is 608 g/mol. The van der Waals surface area contributed by atoms with Crippen LogP contribution < -0.4 is 0 Å². The first-order valence-electron chi connectivity index (χ1n) is 8.86. The molecule has 0 aromatic carbocycles. The molecule has 0 aromatic rings. The van der Waals surface area contributed by atoms with Gasteiger partial charge in [-0.1, -0.05) is 6.58 Å². The lowest BCUT2D eigenvalue weighted by Gasteiger charge is -2.42. The van der Waals surface area contributed by atoms with Crippen LogP contribution in [0.25, 0.3) is 0 Å². The van der Waals surface area contributed by atoms with Crippen LogP contribution in [0.15, 0.2) is 12.2 Å². The number of hydrogen-bond donors (Lipinski definition) is 0. The van der Waals surface area contributed by atoms with Gasteiger partial charge in [-0.3, -0.25) is 4.21 Å². The normalized spacial score (nSPS) is 15.9. The molecule has 1 atom stereocenters. The van der Waals surface area contributed by atoms with Crippen molar-refractivity contribution in [2.45, 2.75) is 61.0 Å². The van der Waals surface area contributed by atoms with E-state index in [9.17, 15) is 83.6 Å². The summed E-state index contributed by atoms with van der Waals surface area (Å²) in [4.78, 5) is 11.0. The predicted octanol–water partition coefficient (Wildman–Crippen LogP) is 6.25. The van der Waals surface area contributed by atoms with Crippen LogP contribution in [-0.4, -0.2) is 75.9 Å². The van der Waals surface area contributed by atoms with Gasteiger partial charge >= 0.3 is 53.6 Å². The Bertz CT molecular complexity index is 878. The van der Waals surface area contributed by atoms with Gasteiger partial charge in [0.15, 0.2) is 0 Å². The molecule has 1 unspecified atom stereocenters. The molecule has 3 nitrogen and oxygen atoms in total. The standard InChI is InChI=1S/C16H13F17O3S/c1-7(2)8(34)36-4-6-37(35)5-3-9(17,18)10(19,20)11(21,22)12(23,24)13(25,26)14(27,28)15(29,30)16(31,32)33/h1,3-6H2,2H3. The molecular formula is C16H13F17O3S. The molecule has 0 saturated carbocycles. The summed E-state index contributed by atoms with van der Waals surface area (Å²) in [5, 5.41) is 0. The van der Waals surface area contributed by atoms with Crippen molar-refractivity contribution in [3.63, 3.8) is 0 Å². The van der Waals surface area contributed by atoms with Gasteiger partial charge in [0.2, 0.25) is 0 Å². The molecule has 0 fully saturated rings. The molecule has 0 aliphatic rings. The van der Waals surface area contributed by atoms with Crippen LogP contribution in [0.5, 0.6) is 0 Å². The van der Waals surface area contributed by atoms with Crippen molar-refractivity contribution in [1.29, 1.82) is 0 Å². The fourth-order valence-corrected chi connectivity index (χ4v) is 3.01. The van der Waals surface area contributed by atoms with Gasteiger partial charge in [-0.05, 0) is 6.92 Å². The quantitative estimate of drug-likeness (QED) is 0.141. The second-order valence-corrected chi connectivity index (χ2v) is 8.86.